The SMILES string of the molecule is CCCCN(C)C(=NC)NCc1ccc(N2CCOC(C)C2)nc1.I. The summed E-state index contributed by atoms with van der Waals surface area (Å²) in [6.07, 6.45) is 4.57. The molecule has 25 heavy (non-hydrogen) atoms. The summed E-state index contributed by atoms with van der Waals surface area (Å²) in [6.45, 7) is 8.63. The fourth-order valence-corrected chi connectivity index (χ4v) is 2.80. The summed E-state index contributed by atoms with van der Waals surface area (Å²) in [4.78, 5) is 13.4. The van der Waals surface area contributed by atoms with E-state index in [0.29, 0.717) is 0 Å². The summed E-state index contributed by atoms with van der Waals surface area (Å²) in [7, 11) is 3.90. The molecule has 0 spiro atoms. The predicted octanol–water partition coefficient (Wildman–Crippen LogP) is 2.73. The van der Waals surface area contributed by atoms with E-state index < -0.39 is 0 Å². The van der Waals surface area contributed by atoms with Gasteiger partial charge in [0.2, 0.25) is 0 Å². The first-order valence-electron chi connectivity index (χ1n) is 8.87. The first-order valence-corrected chi connectivity index (χ1v) is 8.87. The van der Waals surface area contributed by atoms with Gasteiger partial charge in [-0.05, 0) is 25.0 Å². The van der Waals surface area contributed by atoms with Crippen molar-refractivity contribution in [1.82, 2.24) is 15.2 Å². The van der Waals surface area contributed by atoms with E-state index >= 15 is 0 Å². The summed E-state index contributed by atoms with van der Waals surface area (Å²) in [5.41, 5.74) is 1.16. The molecule has 6 nitrogen and oxygen atoms in total. The van der Waals surface area contributed by atoms with Crippen molar-refractivity contribution >= 4 is 35.8 Å². The smallest absolute Gasteiger partial charge is 0.193 e. The Bertz CT molecular complexity index is 523. The normalized spacial score (nSPS) is 17.8. The van der Waals surface area contributed by atoms with Crippen LogP contribution in [-0.2, 0) is 11.3 Å². The molecule has 1 aliphatic rings. The third kappa shape index (κ3) is 6.97. The average molecular weight is 461 g/mol. The summed E-state index contributed by atoms with van der Waals surface area (Å²) in [5.74, 6) is 1.95. The first kappa shape index (κ1) is 22.0. The number of aromatic nitrogens is 1. The summed E-state index contributed by atoms with van der Waals surface area (Å²) < 4.78 is 5.58. The molecule has 0 amide bonds. The maximum absolute atomic E-state index is 5.58. The summed E-state index contributed by atoms with van der Waals surface area (Å²) in [6, 6.07) is 4.23. The van der Waals surface area contributed by atoms with Crippen LogP contribution >= 0.6 is 24.0 Å². The van der Waals surface area contributed by atoms with Crippen molar-refractivity contribution in [2.24, 2.45) is 4.99 Å². The minimum atomic E-state index is 0. The van der Waals surface area contributed by atoms with Crippen LogP contribution in [0.15, 0.2) is 23.3 Å². The molecule has 2 heterocycles. The van der Waals surface area contributed by atoms with Crippen LogP contribution in [-0.4, -0.2) is 62.3 Å². The van der Waals surface area contributed by atoms with E-state index in [9.17, 15) is 0 Å². The number of pyridine rings is 1. The van der Waals surface area contributed by atoms with Crippen molar-refractivity contribution in [3.63, 3.8) is 0 Å². The fraction of sp³-hybridized carbons (Fsp3) is 0.667. The number of anilines is 1. The third-order valence-electron chi connectivity index (χ3n) is 4.25. The van der Waals surface area contributed by atoms with Gasteiger partial charge in [-0.3, -0.25) is 4.99 Å². The number of hydrogen-bond donors (Lipinski definition) is 1. The van der Waals surface area contributed by atoms with Gasteiger partial charge in [0.05, 0.1) is 12.7 Å². The number of nitrogens with zero attached hydrogens (tertiary/aromatic N) is 4. The lowest BCUT2D eigenvalue weighted by atomic mass is 10.2. The molecule has 7 heteroatoms. The number of halogens is 1. The molecule has 2 rings (SSSR count). The number of morpholine rings is 1. The maximum atomic E-state index is 5.58. The highest BCUT2D eigenvalue weighted by molar-refractivity contribution is 14.0. The van der Waals surface area contributed by atoms with E-state index in [0.717, 1.165) is 50.1 Å². The lowest BCUT2D eigenvalue weighted by Crippen LogP contribution is -2.41. The van der Waals surface area contributed by atoms with Gasteiger partial charge in [0.1, 0.15) is 5.82 Å². The zero-order chi connectivity index (χ0) is 17.4. The number of hydrogen-bond acceptors (Lipinski definition) is 4. The van der Waals surface area contributed by atoms with E-state index in [1.54, 1.807) is 0 Å². The zero-order valence-electron chi connectivity index (χ0n) is 15.9. The molecule has 1 aromatic heterocycles. The molecule has 0 aromatic carbocycles. The molecule has 1 fully saturated rings. The largest absolute Gasteiger partial charge is 0.375 e. The highest BCUT2D eigenvalue weighted by atomic mass is 127. The number of aliphatic imine (C=N–C) groups is 1. The minimum Gasteiger partial charge on any atom is -0.375 e. The van der Waals surface area contributed by atoms with Crippen LogP contribution in [0.1, 0.15) is 32.3 Å². The van der Waals surface area contributed by atoms with Crippen LogP contribution < -0.4 is 10.2 Å². The lowest BCUT2D eigenvalue weighted by Gasteiger charge is -2.32. The first-order chi connectivity index (χ1) is 11.6. The van der Waals surface area contributed by atoms with Crippen LogP contribution in [0, 0.1) is 0 Å². The average Bonchev–Trinajstić information content (AvgIpc) is 2.61. The number of nitrogens with one attached hydrogen (secondary N) is 1. The van der Waals surface area contributed by atoms with Crippen LogP contribution in [0.25, 0.3) is 0 Å². The molecular weight excluding hydrogens is 429 g/mol. The second kappa shape index (κ2) is 11.5. The highest BCUT2D eigenvalue weighted by Crippen LogP contribution is 2.15. The molecule has 0 bridgehead atoms. The van der Waals surface area contributed by atoms with Crippen LogP contribution in [0.3, 0.4) is 0 Å². The van der Waals surface area contributed by atoms with Gasteiger partial charge in [0.15, 0.2) is 5.96 Å². The van der Waals surface area contributed by atoms with Crippen LogP contribution in [0.2, 0.25) is 0 Å². The Kier molecular flexibility index (Phi) is 10.1. The molecule has 1 aromatic rings. The number of unbranched alkanes of at least 4 members (excludes halogenated alkanes) is 1. The topological polar surface area (TPSA) is 53.0 Å². The molecule has 0 aliphatic carbocycles. The molecule has 1 saturated heterocycles. The van der Waals surface area contributed by atoms with Crippen molar-refractivity contribution in [2.75, 3.05) is 45.2 Å². The van der Waals surface area contributed by atoms with Crippen LogP contribution in [0.5, 0.6) is 0 Å². The summed E-state index contributed by atoms with van der Waals surface area (Å²) >= 11 is 0. The fourth-order valence-electron chi connectivity index (χ4n) is 2.80. The Labute approximate surface area is 169 Å². The molecule has 1 unspecified atom stereocenters. The Morgan fingerprint density at radius 3 is 2.88 bits per heavy atom. The van der Waals surface area contributed by atoms with E-state index in [-0.39, 0.29) is 30.1 Å². The van der Waals surface area contributed by atoms with Crippen molar-refractivity contribution in [2.45, 2.75) is 39.3 Å². The maximum Gasteiger partial charge on any atom is 0.193 e. The molecule has 142 valence electrons. The molecular formula is C18H32IN5O. The van der Waals surface area contributed by atoms with Crippen molar-refractivity contribution < 1.29 is 4.74 Å². The highest BCUT2D eigenvalue weighted by Gasteiger charge is 2.17. The number of rotatable bonds is 6. The zero-order valence-corrected chi connectivity index (χ0v) is 18.2. The van der Waals surface area contributed by atoms with Gasteiger partial charge in [0.25, 0.3) is 0 Å². The molecule has 0 radical (unpaired) electrons. The van der Waals surface area contributed by atoms with E-state index in [4.69, 9.17) is 4.74 Å². The van der Waals surface area contributed by atoms with Gasteiger partial charge in [0, 0.05) is 46.5 Å². The quantitative estimate of drug-likeness (QED) is 0.401. The Morgan fingerprint density at radius 2 is 2.28 bits per heavy atom. The lowest BCUT2D eigenvalue weighted by molar-refractivity contribution is 0.0529. The predicted molar refractivity (Wildman–Crippen MR) is 115 cm³/mol. The number of ether oxygens (including phenoxy) is 1. The Balaban J connectivity index is 0.00000312. The number of guanidine groups is 1. The molecule has 1 N–H and O–H groups in total. The van der Waals surface area contributed by atoms with Gasteiger partial charge >= 0.3 is 0 Å². The van der Waals surface area contributed by atoms with Gasteiger partial charge in [-0.25, -0.2) is 4.98 Å². The van der Waals surface area contributed by atoms with Gasteiger partial charge in [-0.1, -0.05) is 19.4 Å². The van der Waals surface area contributed by atoms with Crippen molar-refractivity contribution in [3.05, 3.63) is 23.9 Å². The standard InChI is InChI=1S/C18H31N5O.HI/c1-5-6-9-22(4)18(19-3)21-13-16-7-8-17(20-12-16)23-10-11-24-15(2)14-23;/h7-8,12,15H,5-6,9-11,13-14H2,1-4H3,(H,19,21);1H. The third-order valence-corrected chi connectivity index (χ3v) is 4.25. The van der Waals surface area contributed by atoms with Gasteiger partial charge in [-0.2, -0.15) is 0 Å². The van der Waals surface area contributed by atoms with E-state index in [1.165, 1.54) is 12.8 Å². The Morgan fingerprint density at radius 1 is 1.48 bits per heavy atom. The second-order valence-electron chi connectivity index (χ2n) is 6.33. The monoisotopic (exact) mass is 461 g/mol. The van der Waals surface area contributed by atoms with Crippen molar-refractivity contribution in [1.29, 1.82) is 0 Å². The minimum absolute atomic E-state index is 0. The van der Waals surface area contributed by atoms with Crippen LogP contribution in [0.4, 0.5) is 5.82 Å². The second-order valence-corrected chi connectivity index (χ2v) is 6.33. The van der Waals surface area contributed by atoms with E-state index in [2.05, 4.69) is 58.1 Å². The molecule has 1 atom stereocenters. The molecule has 0 saturated carbocycles. The van der Waals surface area contributed by atoms with Gasteiger partial charge in [-0.15, -0.1) is 24.0 Å². The van der Waals surface area contributed by atoms with Gasteiger partial charge < -0.3 is 19.9 Å². The summed E-state index contributed by atoms with van der Waals surface area (Å²) in [5, 5.41) is 3.40. The van der Waals surface area contributed by atoms with E-state index in [1.807, 2.05) is 13.2 Å². The Hall–Kier alpha value is -1.09. The molecule has 1 aliphatic heterocycles. The van der Waals surface area contributed by atoms with Crippen molar-refractivity contribution in [3.8, 4) is 0 Å².